The molecule has 3 rings (SSSR count). The van der Waals surface area contributed by atoms with Gasteiger partial charge < -0.3 is 9.47 Å². The fourth-order valence-corrected chi connectivity index (χ4v) is 3.39. The molecule has 124 valence electrons. The molecule has 0 saturated heterocycles. The van der Waals surface area contributed by atoms with E-state index < -0.39 is 0 Å². The largest absolute Gasteiger partial charge is 0.495 e. The number of methoxy groups -OCH3 is 2. The van der Waals surface area contributed by atoms with Crippen molar-refractivity contribution in [2.45, 2.75) is 5.16 Å². The first-order valence-electron chi connectivity index (χ1n) is 6.86. The van der Waals surface area contributed by atoms with Crippen LogP contribution in [0.2, 0.25) is 10.0 Å². The number of pyridine rings is 1. The average Bonchev–Trinajstić information content (AvgIpc) is 2.61. The molecule has 1 aromatic carbocycles. The Bertz CT molecular complexity index is 893. The molecule has 0 saturated carbocycles. The van der Waals surface area contributed by atoms with Gasteiger partial charge in [-0.15, -0.1) is 0 Å². The number of hydrogen-bond acceptors (Lipinski definition) is 6. The molecule has 2 heterocycles. The number of hydrogen-bond donors (Lipinski definition) is 0. The Labute approximate surface area is 153 Å². The summed E-state index contributed by atoms with van der Waals surface area (Å²) in [6.45, 7) is 0. The van der Waals surface area contributed by atoms with Gasteiger partial charge in [0.05, 0.1) is 41.7 Å². The van der Waals surface area contributed by atoms with Gasteiger partial charge in [-0.05, 0) is 12.3 Å². The number of fused-ring (bicyclic) bond motifs is 1. The second-order valence-corrected chi connectivity index (χ2v) is 6.27. The molecule has 24 heavy (non-hydrogen) atoms. The van der Waals surface area contributed by atoms with Crippen molar-refractivity contribution in [2.24, 2.45) is 0 Å². The zero-order valence-electron chi connectivity index (χ0n) is 13.1. The Morgan fingerprint density at radius 1 is 1.04 bits per heavy atom. The molecule has 0 aliphatic heterocycles. The lowest BCUT2D eigenvalue weighted by Gasteiger charge is -2.15. The molecule has 0 aliphatic carbocycles. The maximum Gasteiger partial charge on any atom is 0.188 e. The van der Waals surface area contributed by atoms with Crippen molar-refractivity contribution in [1.82, 2.24) is 15.0 Å². The van der Waals surface area contributed by atoms with E-state index in [4.69, 9.17) is 32.7 Å². The van der Waals surface area contributed by atoms with E-state index in [0.717, 1.165) is 5.39 Å². The Kier molecular flexibility index (Phi) is 4.99. The minimum Gasteiger partial charge on any atom is -0.495 e. The molecular formula is C16H13Cl2N3O2S. The molecule has 2 aromatic heterocycles. The molecule has 3 aromatic rings. The first-order valence-corrected chi connectivity index (χ1v) is 8.84. The minimum absolute atomic E-state index is 0.368. The lowest BCUT2D eigenvalue weighted by atomic mass is 10.1. The smallest absolute Gasteiger partial charge is 0.188 e. The Hall–Kier alpha value is -1.76. The first kappa shape index (κ1) is 17.1. The molecule has 5 nitrogen and oxygen atoms in total. The minimum atomic E-state index is 0.368. The normalized spacial score (nSPS) is 10.9. The second kappa shape index (κ2) is 7.01. The standard InChI is InChI=1S/C16H13Cl2N3O2S/c1-22-10-6-11(23-2)14(18)12(13(10)17)15-8-4-5-19-7-9(8)20-16(21-15)24-3/h4-7H,1-3H3. The van der Waals surface area contributed by atoms with E-state index in [1.165, 1.54) is 26.0 Å². The molecule has 0 radical (unpaired) electrons. The lowest BCUT2D eigenvalue weighted by Crippen LogP contribution is -1.98. The number of benzene rings is 1. The van der Waals surface area contributed by atoms with Crippen LogP contribution in [0.3, 0.4) is 0 Å². The highest BCUT2D eigenvalue weighted by Crippen LogP contribution is 2.46. The number of rotatable bonds is 4. The Balaban J connectivity index is 2.43. The van der Waals surface area contributed by atoms with E-state index in [9.17, 15) is 0 Å². The van der Waals surface area contributed by atoms with Gasteiger partial charge in [0.15, 0.2) is 5.16 Å². The third kappa shape index (κ3) is 2.85. The maximum atomic E-state index is 6.53. The zero-order chi connectivity index (χ0) is 17.3. The van der Waals surface area contributed by atoms with Crippen LogP contribution >= 0.6 is 35.0 Å². The van der Waals surface area contributed by atoms with Crippen LogP contribution in [0.5, 0.6) is 11.5 Å². The van der Waals surface area contributed by atoms with Gasteiger partial charge in [0.1, 0.15) is 11.5 Å². The van der Waals surface area contributed by atoms with E-state index in [-0.39, 0.29) is 0 Å². The van der Waals surface area contributed by atoms with E-state index >= 15 is 0 Å². The second-order valence-electron chi connectivity index (χ2n) is 4.74. The summed E-state index contributed by atoms with van der Waals surface area (Å²) in [5.41, 5.74) is 1.86. The van der Waals surface area contributed by atoms with Crippen LogP contribution < -0.4 is 9.47 Å². The summed E-state index contributed by atoms with van der Waals surface area (Å²) in [6.07, 6.45) is 5.25. The van der Waals surface area contributed by atoms with E-state index in [1.54, 1.807) is 18.5 Å². The number of nitrogens with zero attached hydrogens (tertiary/aromatic N) is 3. The summed E-state index contributed by atoms with van der Waals surface area (Å²) in [4.78, 5) is 13.2. The van der Waals surface area contributed by atoms with Crippen LogP contribution in [-0.4, -0.2) is 35.4 Å². The van der Waals surface area contributed by atoms with E-state index in [1.807, 2.05) is 12.3 Å². The third-order valence-electron chi connectivity index (χ3n) is 3.47. The van der Waals surface area contributed by atoms with Crippen LogP contribution in [0.1, 0.15) is 0 Å². The van der Waals surface area contributed by atoms with Crippen molar-refractivity contribution in [3.8, 4) is 22.8 Å². The Morgan fingerprint density at radius 3 is 2.29 bits per heavy atom. The fraction of sp³-hybridized carbons (Fsp3) is 0.188. The van der Waals surface area contributed by atoms with Crippen molar-refractivity contribution < 1.29 is 9.47 Å². The van der Waals surface area contributed by atoms with Gasteiger partial charge in [0.2, 0.25) is 0 Å². The van der Waals surface area contributed by atoms with Gasteiger partial charge in [-0.1, -0.05) is 35.0 Å². The molecule has 0 bridgehead atoms. The molecule has 0 unspecified atom stereocenters. The predicted molar refractivity (Wildman–Crippen MR) is 97.7 cm³/mol. The summed E-state index contributed by atoms with van der Waals surface area (Å²) in [6, 6.07) is 3.47. The van der Waals surface area contributed by atoms with Crippen LogP contribution in [-0.2, 0) is 0 Å². The van der Waals surface area contributed by atoms with Crippen LogP contribution in [0.4, 0.5) is 0 Å². The first-order chi connectivity index (χ1) is 11.6. The molecule has 0 N–H and O–H groups in total. The number of ether oxygens (including phenoxy) is 2. The molecule has 0 fully saturated rings. The van der Waals surface area contributed by atoms with Crippen molar-refractivity contribution in [2.75, 3.05) is 20.5 Å². The molecular weight excluding hydrogens is 369 g/mol. The molecule has 0 amide bonds. The van der Waals surface area contributed by atoms with Gasteiger partial charge in [-0.25, -0.2) is 9.97 Å². The highest BCUT2D eigenvalue weighted by Gasteiger charge is 2.22. The van der Waals surface area contributed by atoms with E-state index in [0.29, 0.717) is 43.5 Å². The van der Waals surface area contributed by atoms with Crippen molar-refractivity contribution >= 4 is 45.9 Å². The molecule has 0 spiro atoms. The SMILES string of the molecule is COc1cc(OC)c(Cl)c(-c2nc(SC)nc3cnccc23)c1Cl. The van der Waals surface area contributed by atoms with Gasteiger partial charge in [-0.2, -0.15) is 0 Å². The van der Waals surface area contributed by atoms with Gasteiger partial charge in [-0.3, -0.25) is 4.98 Å². The fourth-order valence-electron chi connectivity index (χ4n) is 2.33. The Morgan fingerprint density at radius 2 is 1.71 bits per heavy atom. The topological polar surface area (TPSA) is 57.1 Å². The molecule has 0 aliphatic rings. The van der Waals surface area contributed by atoms with Crippen molar-refractivity contribution in [3.05, 3.63) is 34.6 Å². The summed E-state index contributed by atoms with van der Waals surface area (Å²) < 4.78 is 10.7. The maximum absolute atomic E-state index is 6.53. The zero-order valence-corrected chi connectivity index (χ0v) is 15.5. The van der Waals surface area contributed by atoms with Crippen molar-refractivity contribution in [1.29, 1.82) is 0 Å². The summed E-state index contributed by atoms with van der Waals surface area (Å²) in [5, 5.41) is 2.13. The average molecular weight is 382 g/mol. The molecule has 8 heteroatoms. The third-order valence-corrected chi connectivity index (χ3v) is 4.77. The quantitative estimate of drug-likeness (QED) is 0.480. The van der Waals surface area contributed by atoms with Crippen LogP contribution in [0.15, 0.2) is 29.7 Å². The monoisotopic (exact) mass is 381 g/mol. The summed E-state index contributed by atoms with van der Waals surface area (Å²) in [5.74, 6) is 0.916. The number of aromatic nitrogens is 3. The van der Waals surface area contributed by atoms with Crippen molar-refractivity contribution in [3.63, 3.8) is 0 Å². The lowest BCUT2D eigenvalue weighted by molar-refractivity contribution is 0.395. The summed E-state index contributed by atoms with van der Waals surface area (Å²) >= 11 is 14.5. The highest BCUT2D eigenvalue weighted by molar-refractivity contribution is 7.98. The van der Waals surface area contributed by atoms with Gasteiger partial charge in [0, 0.05) is 23.2 Å². The molecule has 0 atom stereocenters. The van der Waals surface area contributed by atoms with Crippen LogP contribution in [0, 0.1) is 0 Å². The van der Waals surface area contributed by atoms with Crippen LogP contribution in [0.25, 0.3) is 22.2 Å². The number of halogens is 2. The van der Waals surface area contributed by atoms with Gasteiger partial charge >= 0.3 is 0 Å². The van der Waals surface area contributed by atoms with E-state index in [2.05, 4.69) is 15.0 Å². The predicted octanol–water partition coefficient (Wildman–Crippen LogP) is 4.74. The van der Waals surface area contributed by atoms with Gasteiger partial charge in [0.25, 0.3) is 0 Å². The highest BCUT2D eigenvalue weighted by atomic mass is 35.5. The number of thioether (sulfide) groups is 1. The summed E-state index contributed by atoms with van der Waals surface area (Å²) in [7, 11) is 3.07.